The van der Waals surface area contributed by atoms with E-state index in [0.29, 0.717) is 16.8 Å². The van der Waals surface area contributed by atoms with Gasteiger partial charge >= 0.3 is 0 Å². The van der Waals surface area contributed by atoms with E-state index in [1.165, 1.54) is 16.8 Å². The lowest BCUT2D eigenvalue weighted by atomic mass is 10.1. The van der Waals surface area contributed by atoms with Crippen molar-refractivity contribution in [3.05, 3.63) is 65.1 Å². The lowest BCUT2D eigenvalue weighted by Crippen LogP contribution is -2.03. The highest BCUT2D eigenvalue weighted by molar-refractivity contribution is 7.90. The molecule has 0 spiro atoms. The standard InChI is InChI=1S/C19H14F3N3O2S/c1-11-7-14(5-3-13(11)10-23)25-17(9-16(24-25)19(21)22)12-4-6-18(15(20)8-12)28(2,26)27/h3-9,19H,1-2H3. The average Bonchev–Trinajstić information content (AvgIpc) is 3.06. The Morgan fingerprint density at radius 3 is 2.39 bits per heavy atom. The van der Waals surface area contributed by atoms with Gasteiger partial charge in [0, 0.05) is 11.8 Å². The third kappa shape index (κ3) is 3.64. The molecule has 0 saturated heterocycles. The van der Waals surface area contributed by atoms with Crippen LogP contribution in [0.4, 0.5) is 13.2 Å². The molecule has 3 rings (SSSR count). The number of nitrogens with zero attached hydrogens (tertiary/aromatic N) is 3. The smallest absolute Gasteiger partial charge is 0.233 e. The second kappa shape index (κ2) is 7.13. The lowest BCUT2D eigenvalue weighted by Gasteiger charge is -2.10. The highest BCUT2D eigenvalue weighted by Gasteiger charge is 2.20. The molecule has 0 saturated carbocycles. The maximum absolute atomic E-state index is 14.3. The van der Waals surface area contributed by atoms with Gasteiger partial charge < -0.3 is 0 Å². The Morgan fingerprint density at radius 2 is 1.86 bits per heavy atom. The molecule has 0 N–H and O–H groups in total. The molecule has 2 aromatic carbocycles. The first-order valence-electron chi connectivity index (χ1n) is 8.01. The van der Waals surface area contributed by atoms with Crippen molar-refractivity contribution in [2.24, 2.45) is 0 Å². The second-order valence-corrected chi connectivity index (χ2v) is 8.18. The van der Waals surface area contributed by atoms with Gasteiger partial charge in [0.2, 0.25) is 0 Å². The molecule has 5 nitrogen and oxygen atoms in total. The topological polar surface area (TPSA) is 75.8 Å². The highest BCUT2D eigenvalue weighted by Crippen LogP contribution is 2.30. The fourth-order valence-corrected chi connectivity index (χ4v) is 3.50. The Balaban J connectivity index is 2.21. The summed E-state index contributed by atoms with van der Waals surface area (Å²) in [6, 6.07) is 11.2. The zero-order valence-electron chi connectivity index (χ0n) is 14.8. The van der Waals surface area contributed by atoms with Gasteiger partial charge in [0.1, 0.15) is 16.4 Å². The molecule has 0 fully saturated rings. The van der Waals surface area contributed by atoms with E-state index in [4.69, 9.17) is 5.26 Å². The van der Waals surface area contributed by atoms with E-state index in [0.717, 1.165) is 24.5 Å². The molecule has 9 heteroatoms. The van der Waals surface area contributed by atoms with Gasteiger partial charge in [-0.2, -0.15) is 10.4 Å². The number of aromatic nitrogens is 2. The van der Waals surface area contributed by atoms with Gasteiger partial charge in [0.15, 0.2) is 9.84 Å². The molecular formula is C19H14F3N3O2S. The van der Waals surface area contributed by atoms with Crippen LogP contribution in [0.25, 0.3) is 16.9 Å². The van der Waals surface area contributed by atoms with Crippen molar-refractivity contribution in [1.29, 1.82) is 5.26 Å². The summed E-state index contributed by atoms with van der Waals surface area (Å²) in [6.45, 7) is 1.69. The van der Waals surface area contributed by atoms with Gasteiger partial charge in [-0.15, -0.1) is 0 Å². The third-order valence-electron chi connectivity index (χ3n) is 4.15. The second-order valence-electron chi connectivity index (χ2n) is 6.20. The molecular weight excluding hydrogens is 391 g/mol. The van der Waals surface area contributed by atoms with Crippen LogP contribution >= 0.6 is 0 Å². The van der Waals surface area contributed by atoms with Gasteiger partial charge in [-0.1, -0.05) is 6.07 Å². The van der Waals surface area contributed by atoms with Crippen molar-refractivity contribution in [3.8, 4) is 23.0 Å². The minimum absolute atomic E-state index is 0.165. The number of benzene rings is 2. The Kier molecular flexibility index (Phi) is 5.00. The summed E-state index contributed by atoms with van der Waals surface area (Å²) < 4.78 is 65.1. The molecule has 3 aromatic rings. The monoisotopic (exact) mass is 405 g/mol. The third-order valence-corrected chi connectivity index (χ3v) is 5.28. The normalized spacial score (nSPS) is 11.6. The summed E-state index contributed by atoms with van der Waals surface area (Å²) in [7, 11) is -3.76. The summed E-state index contributed by atoms with van der Waals surface area (Å²) in [6.07, 6.45) is -1.97. The number of halogens is 3. The summed E-state index contributed by atoms with van der Waals surface area (Å²) in [5, 5.41) is 12.9. The minimum atomic E-state index is -3.76. The van der Waals surface area contributed by atoms with Gasteiger partial charge in [-0.05, 0) is 48.9 Å². The van der Waals surface area contributed by atoms with E-state index in [1.807, 2.05) is 6.07 Å². The quantitative estimate of drug-likeness (QED) is 0.652. The predicted molar refractivity (Wildman–Crippen MR) is 96.5 cm³/mol. The zero-order chi connectivity index (χ0) is 20.6. The van der Waals surface area contributed by atoms with E-state index < -0.39 is 32.7 Å². The summed E-state index contributed by atoms with van der Waals surface area (Å²) in [5.74, 6) is -0.984. The molecule has 1 aromatic heterocycles. The average molecular weight is 405 g/mol. The molecule has 0 unspecified atom stereocenters. The maximum Gasteiger partial charge on any atom is 0.282 e. The molecule has 0 radical (unpaired) electrons. The Hall–Kier alpha value is -3.12. The molecule has 144 valence electrons. The van der Waals surface area contributed by atoms with Crippen molar-refractivity contribution in [2.75, 3.05) is 6.26 Å². The summed E-state index contributed by atoms with van der Waals surface area (Å²) in [4.78, 5) is -0.481. The van der Waals surface area contributed by atoms with E-state index in [9.17, 15) is 21.6 Å². The summed E-state index contributed by atoms with van der Waals surface area (Å²) in [5.41, 5.74) is 1.30. The molecule has 0 amide bonds. The van der Waals surface area contributed by atoms with Crippen LogP contribution in [0.15, 0.2) is 47.4 Å². The van der Waals surface area contributed by atoms with Gasteiger partial charge in [-0.25, -0.2) is 26.3 Å². The number of hydrogen-bond donors (Lipinski definition) is 0. The molecule has 0 aliphatic heterocycles. The van der Waals surface area contributed by atoms with Crippen LogP contribution in [-0.2, 0) is 9.84 Å². The van der Waals surface area contributed by atoms with E-state index in [1.54, 1.807) is 19.1 Å². The van der Waals surface area contributed by atoms with Gasteiger partial charge in [0.25, 0.3) is 6.43 Å². The predicted octanol–water partition coefficient (Wildman–Crippen LogP) is 4.20. The van der Waals surface area contributed by atoms with Crippen molar-refractivity contribution >= 4 is 9.84 Å². The van der Waals surface area contributed by atoms with E-state index in [-0.39, 0.29) is 11.3 Å². The number of rotatable bonds is 4. The van der Waals surface area contributed by atoms with Crippen molar-refractivity contribution in [3.63, 3.8) is 0 Å². The zero-order valence-corrected chi connectivity index (χ0v) is 15.6. The number of hydrogen-bond acceptors (Lipinski definition) is 4. The van der Waals surface area contributed by atoms with E-state index >= 15 is 0 Å². The fraction of sp³-hybridized carbons (Fsp3) is 0.158. The molecule has 0 aliphatic carbocycles. The molecule has 0 aliphatic rings. The largest absolute Gasteiger partial charge is 0.282 e. The Morgan fingerprint density at radius 1 is 1.14 bits per heavy atom. The molecule has 1 heterocycles. The minimum Gasteiger partial charge on any atom is -0.233 e. The maximum atomic E-state index is 14.3. The lowest BCUT2D eigenvalue weighted by molar-refractivity contribution is 0.145. The van der Waals surface area contributed by atoms with E-state index in [2.05, 4.69) is 5.10 Å². The van der Waals surface area contributed by atoms with Crippen molar-refractivity contribution in [1.82, 2.24) is 9.78 Å². The number of sulfone groups is 1. The van der Waals surface area contributed by atoms with Crippen LogP contribution in [0.3, 0.4) is 0 Å². The molecule has 28 heavy (non-hydrogen) atoms. The van der Waals surface area contributed by atoms with Gasteiger partial charge in [-0.3, -0.25) is 0 Å². The number of alkyl halides is 2. The first-order valence-corrected chi connectivity index (χ1v) is 9.90. The fourth-order valence-electron chi connectivity index (χ4n) is 2.77. The van der Waals surface area contributed by atoms with Crippen molar-refractivity contribution < 1.29 is 21.6 Å². The van der Waals surface area contributed by atoms with Crippen LogP contribution in [0.2, 0.25) is 0 Å². The van der Waals surface area contributed by atoms with Crippen LogP contribution in [-0.4, -0.2) is 24.5 Å². The number of nitriles is 1. The van der Waals surface area contributed by atoms with Crippen LogP contribution in [0.1, 0.15) is 23.2 Å². The highest BCUT2D eigenvalue weighted by atomic mass is 32.2. The van der Waals surface area contributed by atoms with Crippen LogP contribution in [0.5, 0.6) is 0 Å². The number of aryl methyl sites for hydroxylation is 1. The van der Waals surface area contributed by atoms with Crippen molar-refractivity contribution in [2.45, 2.75) is 18.2 Å². The Bertz CT molecular complexity index is 1210. The van der Waals surface area contributed by atoms with Crippen LogP contribution in [0, 0.1) is 24.1 Å². The first-order chi connectivity index (χ1) is 13.1. The van der Waals surface area contributed by atoms with Crippen LogP contribution < -0.4 is 0 Å². The van der Waals surface area contributed by atoms with Gasteiger partial charge in [0.05, 0.1) is 23.0 Å². The Labute approximate surface area is 159 Å². The molecule has 0 atom stereocenters. The molecule has 0 bridgehead atoms. The SMILES string of the molecule is Cc1cc(-n2nc(C(F)F)cc2-c2ccc(S(C)(=O)=O)c(F)c2)ccc1C#N. The first kappa shape index (κ1) is 19.6. The summed E-state index contributed by atoms with van der Waals surface area (Å²) >= 11 is 0.